The number of likely N-dealkylation sites (N-methyl/N-ethyl adjacent to an activating group) is 1. The summed E-state index contributed by atoms with van der Waals surface area (Å²) in [7, 11) is 1.46. The van der Waals surface area contributed by atoms with E-state index < -0.39 is 23.6 Å². The van der Waals surface area contributed by atoms with E-state index in [1.54, 1.807) is 0 Å². The van der Waals surface area contributed by atoms with Crippen molar-refractivity contribution in [3.63, 3.8) is 0 Å². The summed E-state index contributed by atoms with van der Waals surface area (Å²) in [6, 6.07) is 2.69. The maximum absolute atomic E-state index is 13.7. The Balaban J connectivity index is 2.30. The third-order valence-corrected chi connectivity index (χ3v) is 3.24. The van der Waals surface area contributed by atoms with Gasteiger partial charge in [-0.2, -0.15) is 0 Å². The molecule has 5 nitrogen and oxygen atoms in total. The fraction of sp³-hybridized carbons (Fsp3) is 0.385. The number of carbonyl (C=O) groups is 2. The number of nitrogens with zero attached hydrogens (tertiary/aromatic N) is 1. The Hall–Kier alpha value is -2.02. The van der Waals surface area contributed by atoms with Gasteiger partial charge >= 0.3 is 0 Å². The first kappa shape index (κ1) is 14.4. The van der Waals surface area contributed by atoms with Gasteiger partial charge in [0.15, 0.2) is 11.6 Å². The van der Waals surface area contributed by atoms with Gasteiger partial charge in [0.2, 0.25) is 5.91 Å². The van der Waals surface area contributed by atoms with Gasteiger partial charge in [0.05, 0.1) is 5.56 Å². The Bertz CT molecular complexity index is 536. The predicted molar refractivity (Wildman–Crippen MR) is 68.1 cm³/mol. The van der Waals surface area contributed by atoms with E-state index in [1.165, 1.54) is 24.1 Å². The molecule has 0 aromatic heterocycles. The molecule has 1 fully saturated rings. The lowest BCUT2D eigenvalue weighted by Crippen LogP contribution is -2.59. The van der Waals surface area contributed by atoms with Gasteiger partial charge in [0, 0.05) is 26.7 Å². The smallest absolute Gasteiger partial charge is 0.257 e. The maximum atomic E-state index is 13.7. The molecule has 108 valence electrons. The molecule has 0 saturated carbocycles. The molecule has 2 amide bonds. The molecule has 1 atom stereocenters. The van der Waals surface area contributed by atoms with E-state index in [2.05, 4.69) is 10.6 Å². The Kier molecular flexibility index (Phi) is 4.29. The zero-order chi connectivity index (χ0) is 14.7. The molecule has 1 aromatic carbocycles. The van der Waals surface area contributed by atoms with Gasteiger partial charge in [-0.3, -0.25) is 9.59 Å². The minimum Gasteiger partial charge on any atom is -0.357 e. The molecule has 1 aliphatic heterocycles. The van der Waals surface area contributed by atoms with Crippen LogP contribution in [0.4, 0.5) is 8.78 Å². The molecule has 2 N–H and O–H groups in total. The van der Waals surface area contributed by atoms with E-state index >= 15 is 0 Å². The van der Waals surface area contributed by atoms with Crippen LogP contribution in [0.15, 0.2) is 18.2 Å². The summed E-state index contributed by atoms with van der Waals surface area (Å²) in [5.41, 5.74) is -0.360. The van der Waals surface area contributed by atoms with Crippen molar-refractivity contribution in [2.24, 2.45) is 0 Å². The highest BCUT2D eigenvalue weighted by Crippen LogP contribution is 2.16. The summed E-state index contributed by atoms with van der Waals surface area (Å²) < 4.78 is 26.9. The van der Waals surface area contributed by atoms with Crippen molar-refractivity contribution in [2.75, 3.05) is 26.7 Å². The van der Waals surface area contributed by atoms with Crippen LogP contribution in [-0.2, 0) is 4.79 Å². The standard InChI is InChI=1S/C13H15F2N3O2/c1-16-12(19)10-7-17-5-6-18(10)13(20)8-3-2-4-9(14)11(8)15/h2-4,10,17H,5-7H2,1H3,(H,16,19). The van der Waals surface area contributed by atoms with Crippen LogP contribution in [0, 0.1) is 11.6 Å². The minimum absolute atomic E-state index is 0.257. The van der Waals surface area contributed by atoms with Gasteiger partial charge in [-0.05, 0) is 12.1 Å². The van der Waals surface area contributed by atoms with Crippen molar-refractivity contribution in [1.82, 2.24) is 15.5 Å². The molecule has 1 saturated heterocycles. The van der Waals surface area contributed by atoms with E-state index in [1.807, 2.05) is 0 Å². The lowest BCUT2D eigenvalue weighted by molar-refractivity contribution is -0.125. The molecule has 1 heterocycles. The number of nitrogens with one attached hydrogen (secondary N) is 2. The number of benzene rings is 1. The number of amides is 2. The molecular formula is C13H15F2N3O2. The highest BCUT2D eigenvalue weighted by Gasteiger charge is 2.33. The Morgan fingerprint density at radius 2 is 2.15 bits per heavy atom. The Morgan fingerprint density at radius 3 is 2.85 bits per heavy atom. The van der Waals surface area contributed by atoms with E-state index in [0.29, 0.717) is 6.54 Å². The average Bonchev–Trinajstić information content (AvgIpc) is 2.48. The molecule has 0 spiro atoms. The molecule has 7 heteroatoms. The third-order valence-electron chi connectivity index (χ3n) is 3.24. The predicted octanol–water partition coefficient (Wildman–Crippen LogP) is 0.125. The largest absolute Gasteiger partial charge is 0.357 e. The highest BCUT2D eigenvalue weighted by atomic mass is 19.2. The quantitative estimate of drug-likeness (QED) is 0.811. The number of halogens is 2. The molecule has 1 unspecified atom stereocenters. The van der Waals surface area contributed by atoms with Crippen molar-refractivity contribution in [3.05, 3.63) is 35.4 Å². The van der Waals surface area contributed by atoms with E-state index in [9.17, 15) is 18.4 Å². The molecule has 2 rings (SSSR count). The minimum atomic E-state index is -1.19. The van der Waals surface area contributed by atoms with Crippen LogP contribution < -0.4 is 10.6 Å². The number of hydrogen-bond donors (Lipinski definition) is 2. The summed E-state index contributed by atoms with van der Waals surface area (Å²) in [5.74, 6) is -3.30. The van der Waals surface area contributed by atoms with Crippen LogP contribution in [-0.4, -0.2) is 49.4 Å². The molecule has 0 bridgehead atoms. The van der Waals surface area contributed by atoms with Crippen LogP contribution in [0.3, 0.4) is 0 Å². The summed E-state index contributed by atoms with van der Waals surface area (Å²) >= 11 is 0. The molecule has 1 aromatic rings. The van der Waals surface area contributed by atoms with E-state index in [-0.39, 0.29) is 24.6 Å². The molecule has 1 aliphatic rings. The SMILES string of the molecule is CNC(=O)C1CNCCN1C(=O)c1cccc(F)c1F. The first-order valence-electron chi connectivity index (χ1n) is 6.23. The summed E-state index contributed by atoms with van der Waals surface area (Å²) in [6.07, 6.45) is 0. The van der Waals surface area contributed by atoms with E-state index in [0.717, 1.165) is 6.07 Å². The maximum Gasteiger partial charge on any atom is 0.257 e. The zero-order valence-corrected chi connectivity index (χ0v) is 11.0. The summed E-state index contributed by atoms with van der Waals surface area (Å²) in [5, 5.41) is 5.45. The Labute approximate surface area is 114 Å². The molecule has 0 radical (unpaired) electrons. The van der Waals surface area contributed by atoms with Gasteiger partial charge in [-0.1, -0.05) is 6.07 Å². The van der Waals surface area contributed by atoms with Crippen molar-refractivity contribution < 1.29 is 18.4 Å². The van der Waals surface area contributed by atoms with Crippen LogP contribution >= 0.6 is 0 Å². The second-order valence-corrected chi connectivity index (χ2v) is 4.43. The van der Waals surface area contributed by atoms with Crippen LogP contribution in [0.2, 0.25) is 0 Å². The number of hydrogen-bond acceptors (Lipinski definition) is 3. The number of piperazine rings is 1. The highest BCUT2D eigenvalue weighted by molar-refractivity contribution is 5.98. The monoisotopic (exact) mass is 283 g/mol. The van der Waals surface area contributed by atoms with Crippen LogP contribution in [0.1, 0.15) is 10.4 Å². The number of carbonyl (C=O) groups excluding carboxylic acids is 2. The van der Waals surface area contributed by atoms with Gasteiger partial charge < -0.3 is 15.5 Å². The van der Waals surface area contributed by atoms with Crippen LogP contribution in [0.5, 0.6) is 0 Å². The molecule has 20 heavy (non-hydrogen) atoms. The van der Waals surface area contributed by atoms with Crippen molar-refractivity contribution in [1.29, 1.82) is 0 Å². The van der Waals surface area contributed by atoms with Crippen molar-refractivity contribution >= 4 is 11.8 Å². The molecule has 0 aliphatic carbocycles. The number of rotatable bonds is 2. The normalized spacial score (nSPS) is 18.8. The summed E-state index contributed by atoms with van der Waals surface area (Å²) in [6.45, 7) is 1.03. The van der Waals surface area contributed by atoms with E-state index in [4.69, 9.17) is 0 Å². The Morgan fingerprint density at radius 1 is 1.40 bits per heavy atom. The van der Waals surface area contributed by atoms with Gasteiger partial charge in [0.25, 0.3) is 5.91 Å². The second kappa shape index (κ2) is 5.96. The topological polar surface area (TPSA) is 61.4 Å². The molecular weight excluding hydrogens is 268 g/mol. The van der Waals surface area contributed by atoms with Crippen molar-refractivity contribution in [3.8, 4) is 0 Å². The lowest BCUT2D eigenvalue weighted by atomic mass is 10.1. The average molecular weight is 283 g/mol. The fourth-order valence-electron chi connectivity index (χ4n) is 2.17. The second-order valence-electron chi connectivity index (χ2n) is 4.43. The van der Waals surface area contributed by atoms with Crippen molar-refractivity contribution in [2.45, 2.75) is 6.04 Å². The summed E-state index contributed by atoms with van der Waals surface area (Å²) in [4.78, 5) is 25.3. The third kappa shape index (κ3) is 2.62. The fourth-order valence-corrected chi connectivity index (χ4v) is 2.17. The van der Waals surface area contributed by atoms with Gasteiger partial charge in [-0.25, -0.2) is 8.78 Å². The van der Waals surface area contributed by atoms with Gasteiger partial charge in [-0.15, -0.1) is 0 Å². The van der Waals surface area contributed by atoms with Gasteiger partial charge in [0.1, 0.15) is 6.04 Å². The lowest BCUT2D eigenvalue weighted by Gasteiger charge is -2.35. The zero-order valence-electron chi connectivity index (χ0n) is 11.0. The first-order valence-corrected chi connectivity index (χ1v) is 6.23. The van der Waals surface area contributed by atoms with Crippen LogP contribution in [0.25, 0.3) is 0 Å². The first-order chi connectivity index (χ1) is 9.56.